The van der Waals surface area contributed by atoms with Gasteiger partial charge in [0.2, 0.25) is 0 Å². The zero-order chi connectivity index (χ0) is 16.3. The van der Waals surface area contributed by atoms with Crippen LogP contribution in [0.3, 0.4) is 0 Å². The van der Waals surface area contributed by atoms with Crippen LogP contribution in [-0.4, -0.2) is 18.1 Å². The number of hydrogen-bond acceptors (Lipinski definition) is 4. The summed E-state index contributed by atoms with van der Waals surface area (Å²) in [5, 5.41) is 3.46. The lowest BCUT2D eigenvalue weighted by atomic mass is 10.1. The SMILES string of the molecule is CCC(C)NC(=O)c1cc(=O)oc2cc(OC(C)C)ccc12. The number of carbonyl (C=O) groups is 1. The van der Waals surface area contributed by atoms with Crippen molar-refractivity contribution in [2.45, 2.75) is 46.3 Å². The lowest BCUT2D eigenvalue weighted by Crippen LogP contribution is -2.32. The lowest BCUT2D eigenvalue weighted by molar-refractivity contribution is 0.0940. The normalized spacial score (nSPS) is 12.4. The van der Waals surface area contributed by atoms with E-state index in [1.807, 2.05) is 27.7 Å². The summed E-state index contributed by atoms with van der Waals surface area (Å²) in [4.78, 5) is 24.0. The topological polar surface area (TPSA) is 68.5 Å². The Hall–Kier alpha value is -2.30. The van der Waals surface area contributed by atoms with Crippen LogP contribution in [0.5, 0.6) is 5.75 Å². The molecule has 0 spiro atoms. The maximum Gasteiger partial charge on any atom is 0.337 e. The van der Waals surface area contributed by atoms with Crippen molar-refractivity contribution in [2.75, 3.05) is 0 Å². The van der Waals surface area contributed by atoms with Crippen molar-refractivity contribution in [1.29, 1.82) is 0 Å². The third-order valence-electron chi connectivity index (χ3n) is 3.32. The van der Waals surface area contributed by atoms with Crippen LogP contribution in [-0.2, 0) is 0 Å². The van der Waals surface area contributed by atoms with Gasteiger partial charge in [-0.1, -0.05) is 6.92 Å². The molecule has 5 nitrogen and oxygen atoms in total. The third-order valence-corrected chi connectivity index (χ3v) is 3.32. The maximum atomic E-state index is 12.3. The first-order valence-electron chi connectivity index (χ1n) is 7.46. The lowest BCUT2D eigenvalue weighted by Gasteiger charge is -2.13. The molecule has 0 saturated heterocycles. The highest BCUT2D eigenvalue weighted by Crippen LogP contribution is 2.23. The van der Waals surface area contributed by atoms with Crippen molar-refractivity contribution >= 4 is 16.9 Å². The molecule has 1 N–H and O–H groups in total. The number of benzene rings is 1. The zero-order valence-electron chi connectivity index (χ0n) is 13.3. The van der Waals surface area contributed by atoms with Gasteiger partial charge in [-0.05, 0) is 39.3 Å². The molecule has 0 bridgehead atoms. The number of hydrogen-bond donors (Lipinski definition) is 1. The number of fused-ring (bicyclic) bond motifs is 1. The number of rotatable bonds is 5. The Bertz CT molecular complexity index is 733. The number of amides is 1. The molecule has 1 heterocycles. The Morgan fingerprint density at radius 3 is 2.64 bits per heavy atom. The van der Waals surface area contributed by atoms with E-state index >= 15 is 0 Å². The first-order valence-corrected chi connectivity index (χ1v) is 7.46. The molecule has 2 aromatic rings. The molecule has 0 aliphatic heterocycles. The van der Waals surface area contributed by atoms with Crippen molar-refractivity contribution in [2.24, 2.45) is 0 Å². The molecule has 0 aliphatic rings. The first kappa shape index (κ1) is 16.1. The highest BCUT2D eigenvalue weighted by molar-refractivity contribution is 6.05. The minimum Gasteiger partial charge on any atom is -0.491 e. The Morgan fingerprint density at radius 1 is 1.27 bits per heavy atom. The molecular formula is C17H21NO4. The van der Waals surface area contributed by atoms with Crippen LogP contribution in [0.15, 0.2) is 33.5 Å². The summed E-state index contributed by atoms with van der Waals surface area (Å²) in [6.45, 7) is 7.73. The fourth-order valence-corrected chi connectivity index (χ4v) is 2.08. The standard InChI is InChI=1S/C17H21NO4/c1-5-11(4)18-17(20)14-9-16(19)22-15-8-12(21-10(2)3)6-7-13(14)15/h6-11H,5H2,1-4H3,(H,18,20). The van der Waals surface area contributed by atoms with Gasteiger partial charge in [-0.25, -0.2) is 4.79 Å². The predicted octanol–water partition coefficient (Wildman–Crippen LogP) is 3.11. The van der Waals surface area contributed by atoms with Crippen molar-refractivity contribution in [1.82, 2.24) is 5.32 Å². The van der Waals surface area contributed by atoms with Crippen LogP contribution in [0.1, 0.15) is 44.5 Å². The average Bonchev–Trinajstić information content (AvgIpc) is 2.45. The monoisotopic (exact) mass is 303 g/mol. The van der Waals surface area contributed by atoms with Crippen molar-refractivity contribution in [3.63, 3.8) is 0 Å². The summed E-state index contributed by atoms with van der Waals surface area (Å²) in [5.74, 6) is 0.329. The molecule has 5 heteroatoms. The third kappa shape index (κ3) is 3.67. The largest absolute Gasteiger partial charge is 0.491 e. The summed E-state index contributed by atoms with van der Waals surface area (Å²) in [6, 6.07) is 6.40. The molecule has 0 radical (unpaired) electrons. The van der Waals surface area contributed by atoms with Crippen molar-refractivity contribution < 1.29 is 13.9 Å². The minimum absolute atomic E-state index is 0.0149. The molecule has 0 fully saturated rings. The summed E-state index contributed by atoms with van der Waals surface area (Å²) >= 11 is 0. The van der Waals surface area contributed by atoms with Gasteiger partial charge in [0.25, 0.3) is 5.91 Å². The first-order chi connectivity index (χ1) is 10.4. The molecular weight excluding hydrogens is 282 g/mol. The molecule has 1 atom stereocenters. The van der Waals surface area contributed by atoms with E-state index in [1.54, 1.807) is 18.2 Å². The molecule has 1 aromatic heterocycles. The van der Waals surface area contributed by atoms with E-state index in [1.165, 1.54) is 6.07 Å². The van der Waals surface area contributed by atoms with E-state index in [4.69, 9.17) is 9.15 Å². The van der Waals surface area contributed by atoms with E-state index < -0.39 is 5.63 Å². The van der Waals surface area contributed by atoms with Crippen LogP contribution in [0.2, 0.25) is 0 Å². The fourth-order valence-electron chi connectivity index (χ4n) is 2.08. The smallest absolute Gasteiger partial charge is 0.337 e. The van der Waals surface area contributed by atoms with Gasteiger partial charge in [0.1, 0.15) is 11.3 Å². The fraction of sp³-hybridized carbons (Fsp3) is 0.412. The van der Waals surface area contributed by atoms with Crippen LogP contribution >= 0.6 is 0 Å². The Balaban J connectivity index is 2.46. The minimum atomic E-state index is -0.552. The maximum absolute atomic E-state index is 12.3. The number of nitrogens with one attached hydrogen (secondary N) is 1. The number of carbonyl (C=O) groups excluding carboxylic acids is 1. The molecule has 0 aliphatic carbocycles. The summed E-state index contributed by atoms with van der Waals surface area (Å²) in [7, 11) is 0. The molecule has 0 saturated carbocycles. The van der Waals surface area contributed by atoms with Gasteiger partial charge in [0.05, 0.1) is 11.7 Å². The van der Waals surface area contributed by atoms with Crippen LogP contribution in [0, 0.1) is 0 Å². The molecule has 1 amide bonds. The van der Waals surface area contributed by atoms with E-state index in [9.17, 15) is 9.59 Å². The van der Waals surface area contributed by atoms with E-state index in [0.717, 1.165) is 6.42 Å². The van der Waals surface area contributed by atoms with Crippen LogP contribution in [0.4, 0.5) is 0 Å². The molecule has 118 valence electrons. The van der Waals surface area contributed by atoms with Gasteiger partial charge < -0.3 is 14.5 Å². The Morgan fingerprint density at radius 2 is 2.00 bits per heavy atom. The summed E-state index contributed by atoms with van der Waals surface area (Å²) in [6.07, 6.45) is 0.832. The van der Waals surface area contributed by atoms with Gasteiger partial charge >= 0.3 is 5.63 Å². The quantitative estimate of drug-likeness (QED) is 0.862. The Labute approximate surface area is 129 Å². The van der Waals surface area contributed by atoms with Gasteiger partial charge in [-0.3, -0.25) is 4.79 Å². The molecule has 1 unspecified atom stereocenters. The Kier molecular flexibility index (Phi) is 4.85. The van der Waals surface area contributed by atoms with Gasteiger partial charge in [0.15, 0.2) is 0 Å². The summed E-state index contributed by atoms with van der Waals surface area (Å²) in [5.41, 5.74) is 0.117. The second kappa shape index (κ2) is 6.64. The number of ether oxygens (including phenoxy) is 1. The van der Waals surface area contributed by atoms with E-state index in [2.05, 4.69) is 5.32 Å². The highest BCUT2D eigenvalue weighted by atomic mass is 16.5. The van der Waals surface area contributed by atoms with Crippen molar-refractivity contribution in [3.8, 4) is 5.75 Å². The zero-order valence-corrected chi connectivity index (χ0v) is 13.3. The van der Waals surface area contributed by atoms with Gasteiger partial charge in [-0.15, -0.1) is 0 Å². The van der Waals surface area contributed by atoms with E-state index in [0.29, 0.717) is 22.3 Å². The van der Waals surface area contributed by atoms with Gasteiger partial charge in [-0.2, -0.15) is 0 Å². The van der Waals surface area contributed by atoms with E-state index in [-0.39, 0.29) is 18.1 Å². The average molecular weight is 303 g/mol. The van der Waals surface area contributed by atoms with Crippen LogP contribution in [0.25, 0.3) is 11.0 Å². The highest BCUT2D eigenvalue weighted by Gasteiger charge is 2.15. The summed E-state index contributed by atoms with van der Waals surface area (Å²) < 4.78 is 10.8. The molecule has 22 heavy (non-hydrogen) atoms. The second-order valence-corrected chi connectivity index (χ2v) is 5.59. The predicted molar refractivity (Wildman–Crippen MR) is 85.5 cm³/mol. The van der Waals surface area contributed by atoms with Gasteiger partial charge in [0, 0.05) is 23.6 Å². The second-order valence-electron chi connectivity index (χ2n) is 5.59. The molecule has 2 rings (SSSR count). The van der Waals surface area contributed by atoms with Crippen LogP contribution < -0.4 is 15.7 Å². The molecule has 1 aromatic carbocycles. The van der Waals surface area contributed by atoms with Crippen molar-refractivity contribution in [3.05, 3.63) is 40.2 Å².